The van der Waals surface area contributed by atoms with Gasteiger partial charge in [-0.2, -0.15) is 0 Å². The van der Waals surface area contributed by atoms with Crippen LogP contribution in [-0.4, -0.2) is 41.7 Å². The van der Waals surface area contributed by atoms with E-state index in [0.29, 0.717) is 24.1 Å². The van der Waals surface area contributed by atoms with Crippen molar-refractivity contribution in [1.82, 2.24) is 9.88 Å². The summed E-state index contributed by atoms with van der Waals surface area (Å²) in [6.45, 7) is 11.8. The zero-order chi connectivity index (χ0) is 20.8. The van der Waals surface area contributed by atoms with Gasteiger partial charge in [0.1, 0.15) is 5.54 Å². The normalized spacial score (nSPS) is 13.3. The number of nitrogens with zero attached hydrogens (tertiary/aromatic N) is 1. The van der Waals surface area contributed by atoms with Crippen LogP contribution >= 0.6 is 0 Å². The van der Waals surface area contributed by atoms with Crippen molar-refractivity contribution in [3.63, 3.8) is 0 Å². The first-order valence-electron chi connectivity index (χ1n) is 9.12. The Kier molecular flexibility index (Phi) is 7.82. The minimum atomic E-state index is -1.11. The Balaban J connectivity index is 3.22. The van der Waals surface area contributed by atoms with Crippen LogP contribution in [0.25, 0.3) is 6.08 Å². The van der Waals surface area contributed by atoms with E-state index in [0.717, 1.165) is 11.4 Å². The fraction of sp³-hybridized carbons (Fsp3) is 0.550. The van der Waals surface area contributed by atoms with Crippen molar-refractivity contribution >= 4 is 23.9 Å². The Hall–Kier alpha value is -2.57. The van der Waals surface area contributed by atoms with E-state index in [1.807, 2.05) is 25.3 Å². The quantitative estimate of drug-likeness (QED) is 0.555. The highest BCUT2D eigenvalue weighted by molar-refractivity contribution is 6.00. The van der Waals surface area contributed by atoms with Gasteiger partial charge in [0.05, 0.1) is 19.3 Å². The zero-order valence-electron chi connectivity index (χ0n) is 17.3. The van der Waals surface area contributed by atoms with Crippen LogP contribution in [0.1, 0.15) is 61.4 Å². The van der Waals surface area contributed by atoms with Gasteiger partial charge in [0.25, 0.3) is 0 Å². The molecule has 0 bridgehead atoms. The molecule has 0 saturated heterocycles. The molecule has 1 amide bonds. The van der Waals surface area contributed by atoms with Gasteiger partial charge in [0.2, 0.25) is 5.91 Å². The number of esters is 2. The van der Waals surface area contributed by atoms with Crippen molar-refractivity contribution in [3.05, 3.63) is 28.6 Å². The van der Waals surface area contributed by atoms with Crippen molar-refractivity contribution in [2.24, 2.45) is 0 Å². The molecule has 0 spiro atoms. The van der Waals surface area contributed by atoms with Gasteiger partial charge in [-0.25, -0.2) is 9.59 Å². The third-order valence-corrected chi connectivity index (χ3v) is 4.77. The van der Waals surface area contributed by atoms with Crippen LogP contribution in [0, 0.1) is 13.8 Å². The molecule has 1 N–H and O–H groups in total. The predicted molar refractivity (Wildman–Crippen MR) is 103 cm³/mol. The molecule has 1 atom stereocenters. The molecule has 27 heavy (non-hydrogen) atoms. The Morgan fingerprint density at radius 1 is 1.15 bits per heavy atom. The number of nitrogens with one attached hydrogen (secondary N) is 1. The lowest BCUT2D eigenvalue weighted by atomic mass is 9.99. The third kappa shape index (κ3) is 4.78. The first-order valence-corrected chi connectivity index (χ1v) is 9.12. The Morgan fingerprint density at radius 3 is 2.26 bits per heavy atom. The molecule has 0 saturated carbocycles. The SMILES string of the molecule is CCOC(=O)c1c(/C=C/C(=O)NC(C)(CC)C(=O)OC)c(C)n(CC)c1C. The van der Waals surface area contributed by atoms with Crippen LogP contribution in [-0.2, 0) is 25.6 Å². The molecule has 1 rings (SSSR count). The van der Waals surface area contributed by atoms with E-state index in [9.17, 15) is 14.4 Å². The third-order valence-electron chi connectivity index (χ3n) is 4.77. The van der Waals surface area contributed by atoms with Crippen molar-refractivity contribution in [1.29, 1.82) is 0 Å². The lowest BCUT2D eigenvalue weighted by molar-refractivity contribution is -0.149. The predicted octanol–water partition coefficient (Wildman–Crippen LogP) is 2.77. The molecule has 7 nitrogen and oxygen atoms in total. The monoisotopic (exact) mass is 378 g/mol. The van der Waals surface area contributed by atoms with E-state index in [1.165, 1.54) is 13.2 Å². The minimum Gasteiger partial charge on any atom is -0.467 e. The standard InChI is InChI=1S/C20H30N2O5/c1-8-20(6,19(25)26-7)21-16(23)12-11-15-13(4)22(9-2)14(5)17(15)18(24)27-10-3/h11-12H,8-10H2,1-7H3,(H,21,23)/b12-11+. The van der Waals surface area contributed by atoms with E-state index in [4.69, 9.17) is 9.47 Å². The molecule has 0 fully saturated rings. The van der Waals surface area contributed by atoms with Gasteiger partial charge in [0.15, 0.2) is 0 Å². The van der Waals surface area contributed by atoms with Gasteiger partial charge in [-0.05, 0) is 47.1 Å². The van der Waals surface area contributed by atoms with Crippen LogP contribution in [0.15, 0.2) is 6.08 Å². The fourth-order valence-corrected chi connectivity index (χ4v) is 3.03. The average molecular weight is 378 g/mol. The summed E-state index contributed by atoms with van der Waals surface area (Å²) in [6, 6.07) is 0. The van der Waals surface area contributed by atoms with Crippen LogP contribution in [0.4, 0.5) is 0 Å². The van der Waals surface area contributed by atoms with Gasteiger partial charge in [-0.1, -0.05) is 6.92 Å². The van der Waals surface area contributed by atoms with Crippen molar-refractivity contribution in [3.8, 4) is 0 Å². The highest BCUT2D eigenvalue weighted by Gasteiger charge is 2.33. The second kappa shape index (κ2) is 9.39. The first-order chi connectivity index (χ1) is 12.7. The molecule has 0 aliphatic heterocycles. The van der Waals surface area contributed by atoms with Gasteiger partial charge >= 0.3 is 11.9 Å². The van der Waals surface area contributed by atoms with Crippen molar-refractivity contribution in [2.75, 3.05) is 13.7 Å². The number of rotatable bonds is 8. The maximum atomic E-state index is 12.4. The van der Waals surface area contributed by atoms with Crippen LogP contribution in [0.3, 0.4) is 0 Å². The summed E-state index contributed by atoms with van der Waals surface area (Å²) in [7, 11) is 1.28. The summed E-state index contributed by atoms with van der Waals surface area (Å²) in [6.07, 6.45) is 3.29. The van der Waals surface area contributed by atoms with Crippen LogP contribution < -0.4 is 5.32 Å². The maximum Gasteiger partial charge on any atom is 0.340 e. The molecule has 1 unspecified atom stereocenters. The van der Waals surface area contributed by atoms with E-state index < -0.39 is 23.4 Å². The summed E-state index contributed by atoms with van der Waals surface area (Å²) >= 11 is 0. The summed E-state index contributed by atoms with van der Waals surface area (Å²) in [5.74, 6) is -1.37. The molecule has 1 heterocycles. The molecular formula is C20H30N2O5. The second-order valence-electron chi connectivity index (χ2n) is 6.42. The highest BCUT2D eigenvalue weighted by Crippen LogP contribution is 2.25. The largest absolute Gasteiger partial charge is 0.467 e. The number of hydrogen-bond donors (Lipinski definition) is 1. The zero-order valence-corrected chi connectivity index (χ0v) is 17.3. The van der Waals surface area contributed by atoms with Crippen molar-refractivity contribution in [2.45, 2.75) is 60.0 Å². The van der Waals surface area contributed by atoms with Crippen LogP contribution in [0.2, 0.25) is 0 Å². The van der Waals surface area contributed by atoms with E-state index in [-0.39, 0.29) is 6.61 Å². The lowest BCUT2D eigenvalue weighted by Crippen LogP contribution is -2.51. The molecule has 0 aromatic carbocycles. The topological polar surface area (TPSA) is 86.6 Å². The number of hydrogen-bond acceptors (Lipinski definition) is 5. The molecule has 0 radical (unpaired) electrons. The van der Waals surface area contributed by atoms with Gasteiger partial charge in [-0.15, -0.1) is 0 Å². The first kappa shape index (κ1) is 22.5. The molecular weight excluding hydrogens is 348 g/mol. The lowest BCUT2D eigenvalue weighted by Gasteiger charge is -2.25. The summed E-state index contributed by atoms with van der Waals surface area (Å²) < 4.78 is 11.9. The smallest absolute Gasteiger partial charge is 0.340 e. The number of ether oxygens (including phenoxy) is 2. The summed E-state index contributed by atoms with van der Waals surface area (Å²) in [5.41, 5.74) is 1.64. The number of carbonyl (C=O) groups is 3. The van der Waals surface area contributed by atoms with E-state index in [2.05, 4.69) is 5.32 Å². The number of amides is 1. The Labute approximate surface area is 160 Å². The number of methoxy groups -OCH3 is 1. The Bertz CT molecular complexity index is 748. The summed E-state index contributed by atoms with van der Waals surface area (Å²) in [5, 5.41) is 2.67. The highest BCUT2D eigenvalue weighted by atomic mass is 16.5. The molecule has 0 aliphatic carbocycles. The number of carbonyl (C=O) groups excluding carboxylic acids is 3. The number of aromatic nitrogens is 1. The van der Waals surface area contributed by atoms with Gasteiger partial charge < -0.3 is 19.4 Å². The van der Waals surface area contributed by atoms with E-state index >= 15 is 0 Å². The summed E-state index contributed by atoms with van der Waals surface area (Å²) in [4.78, 5) is 36.7. The molecule has 150 valence electrons. The van der Waals surface area contributed by atoms with Crippen LogP contribution in [0.5, 0.6) is 0 Å². The molecule has 7 heteroatoms. The average Bonchev–Trinajstić information content (AvgIpc) is 2.88. The molecule has 1 aromatic heterocycles. The maximum absolute atomic E-state index is 12.4. The molecule has 0 aliphatic rings. The van der Waals surface area contributed by atoms with E-state index in [1.54, 1.807) is 26.8 Å². The Morgan fingerprint density at radius 2 is 1.78 bits per heavy atom. The van der Waals surface area contributed by atoms with Gasteiger partial charge in [0, 0.05) is 29.6 Å². The minimum absolute atomic E-state index is 0.270. The fourth-order valence-electron chi connectivity index (χ4n) is 3.03. The molecule has 1 aromatic rings. The second-order valence-corrected chi connectivity index (χ2v) is 6.42. The van der Waals surface area contributed by atoms with Gasteiger partial charge in [-0.3, -0.25) is 4.79 Å². The van der Waals surface area contributed by atoms with Crippen molar-refractivity contribution < 1.29 is 23.9 Å².